The zero-order valence-corrected chi connectivity index (χ0v) is 14.3. The quantitative estimate of drug-likeness (QED) is 0.777. The molecule has 0 unspecified atom stereocenters. The summed E-state index contributed by atoms with van der Waals surface area (Å²) in [5.74, 6) is 0.254. The topological polar surface area (TPSA) is 29.5 Å². The Morgan fingerprint density at radius 3 is 2.35 bits per heavy atom. The van der Waals surface area contributed by atoms with Crippen LogP contribution in [0.5, 0.6) is 0 Å². The number of hydrogen-bond donors (Lipinski definition) is 1. The van der Waals surface area contributed by atoms with E-state index in [9.17, 15) is 5.11 Å². The number of hydrogen-bond acceptors (Lipinski definition) is 2. The van der Waals surface area contributed by atoms with Gasteiger partial charge in [-0.25, -0.2) is 0 Å². The van der Waals surface area contributed by atoms with Crippen LogP contribution in [0.3, 0.4) is 0 Å². The summed E-state index contributed by atoms with van der Waals surface area (Å²) in [7, 11) is -1.72. The second-order valence-corrected chi connectivity index (χ2v) is 12.3. The zero-order chi connectivity index (χ0) is 13.4. The van der Waals surface area contributed by atoms with Crippen molar-refractivity contribution >= 4 is 24.2 Å². The van der Waals surface area contributed by atoms with E-state index in [1.165, 1.54) is 0 Å². The second-order valence-electron chi connectivity index (χ2n) is 6.63. The Hall–Kier alpha value is 0.357. The molecular formula is C13H25BrO2Si. The molecule has 0 spiro atoms. The van der Waals surface area contributed by atoms with E-state index in [0.29, 0.717) is 0 Å². The molecule has 1 N–H and O–H groups in total. The molecule has 0 aromatic rings. The maximum Gasteiger partial charge on any atom is 0.192 e. The van der Waals surface area contributed by atoms with Crippen LogP contribution in [0.2, 0.25) is 18.1 Å². The lowest BCUT2D eigenvalue weighted by Crippen LogP contribution is -2.45. The molecule has 0 heterocycles. The van der Waals surface area contributed by atoms with Crippen LogP contribution in [-0.2, 0) is 4.43 Å². The molecule has 0 fully saturated rings. The standard InChI is InChI=1S/C13H25BrO2Si/c1-9-7-10(8-11(14)12(9)15)16-17(5,6)13(2,3)4/h8-10,12,15H,7H2,1-6H3/t9-,10+,12+/m1/s1. The first kappa shape index (κ1) is 15.4. The van der Waals surface area contributed by atoms with Gasteiger partial charge in [0.2, 0.25) is 0 Å². The van der Waals surface area contributed by atoms with Gasteiger partial charge in [0.25, 0.3) is 0 Å². The van der Waals surface area contributed by atoms with Crippen LogP contribution in [0, 0.1) is 5.92 Å². The summed E-state index contributed by atoms with van der Waals surface area (Å²) in [4.78, 5) is 0. The molecule has 0 aromatic heterocycles. The summed E-state index contributed by atoms with van der Waals surface area (Å²) in [5.41, 5.74) is 0. The fourth-order valence-electron chi connectivity index (χ4n) is 1.75. The molecule has 17 heavy (non-hydrogen) atoms. The smallest absolute Gasteiger partial charge is 0.192 e. The Bertz CT molecular complexity index is 307. The molecule has 0 aliphatic heterocycles. The minimum Gasteiger partial charge on any atom is -0.411 e. The van der Waals surface area contributed by atoms with Crippen molar-refractivity contribution in [2.24, 2.45) is 5.92 Å². The fourth-order valence-corrected chi connectivity index (χ4v) is 3.77. The SMILES string of the molecule is C[C@@H]1C[C@H](O[Si](C)(C)C(C)(C)C)C=C(Br)[C@H]1O. The Morgan fingerprint density at radius 1 is 1.41 bits per heavy atom. The summed E-state index contributed by atoms with van der Waals surface area (Å²) in [6, 6.07) is 0. The van der Waals surface area contributed by atoms with E-state index < -0.39 is 8.32 Å². The molecule has 0 saturated heterocycles. The number of aliphatic hydroxyl groups excluding tert-OH is 1. The van der Waals surface area contributed by atoms with Gasteiger partial charge in [-0.3, -0.25) is 0 Å². The van der Waals surface area contributed by atoms with Gasteiger partial charge in [-0.15, -0.1) is 0 Å². The van der Waals surface area contributed by atoms with E-state index in [4.69, 9.17) is 4.43 Å². The maximum absolute atomic E-state index is 9.86. The third-order valence-electron chi connectivity index (χ3n) is 4.02. The Balaban J connectivity index is 2.78. The van der Waals surface area contributed by atoms with Crippen molar-refractivity contribution in [2.45, 2.75) is 64.5 Å². The summed E-state index contributed by atoms with van der Waals surface area (Å²) < 4.78 is 7.23. The third-order valence-corrected chi connectivity index (χ3v) is 9.26. The van der Waals surface area contributed by atoms with Gasteiger partial charge in [-0.05, 0) is 36.5 Å². The number of halogens is 1. The van der Waals surface area contributed by atoms with Crippen molar-refractivity contribution in [3.8, 4) is 0 Å². The summed E-state index contributed by atoms with van der Waals surface area (Å²) >= 11 is 3.44. The van der Waals surface area contributed by atoms with Gasteiger partial charge < -0.3 is 9.53 Å². The molecule has 2 nitrogen and oxygen atoms in total. The molecule has 0 bridgehead atoms. The summed E-state index contributed by atoms with van der Waals surface area (Å²) in [5, 5.41) is 10.1. The zero-order valence-electron chi connectivity index (χ0n) is 11.7. The molecule has 0 saturated carbocycles. The largest absolute Gasteiger partial charge is 0.411 e. The van der Waals surface area contributed by atoms with Gasteiger partial charge in [-0.2, -0.15) is 0 Å². The van der Waals surface area contributed by atoms with Crippen LogP contribution in [0.25, 0.3) is 0 Å². The van der Waals surface area contributed by atoms with Gasteiger partial charge in [0.15, 0.2) is 8.32 Å². The third kappa shape index (κ3) is 3.66. The lowest BCUT2D eigenvalue weighted by Gasteiger charge is -2.40. The van der Waals surface area contributed by atoms with E-state index >= 15 is 0 Å². The predicted molar refractivity (Wildman–Crippen MR) is 78.9 cm³/mol. The van der Waals surface area contributed by atoms with Crippen molar-refractivity contribution in [3.63, 3.8) is 0 Å². The summed E-state index contributed by atoms with van der Waals surface area (Å²) in [6.07, 6.45) is 2.71. The van der Waals surface area contributed by atoms with Crippen LogP contribution in [-0.4, -0.2) is 25.6 Å². The van der Waals surface area contributed by atoms with Crippen LogP contribution >= 0.6 is 15.9 Å². The number of aliphatic hydroxyl groups is 1. The van der Waals surface area contributed by atoms with Crippen LogP contribution in [0.15, 0.2) is 10.6 Å². The van der Waals surface area contributed by atoms with Crippen molar-refractivity contribution in [1.82, 2.24) is 0 Å². The predicted octanol–water partition coefficient (Wildman–Crippen LogP) is 4.06. The second kappa shape index (κ2) is 5.15. The molecule has 100 valence electrons. The molecule has 0 radical (unpaired) electrons. The Labute approximate surface area is 115 Å². The van der Waals surface area contributed by atoms with E-state index in [1.54, 1.807) is 0 Å². The molecule has 0 aromatic carbocycles. The van der Waals surface area contributed by atoms with Gasteiger partial charge in [0.05, 0.1) is 12.2 Å². The van der Waals surface area contributed by atoms with Crippen LogP contribution in [0.4, 0.5) is 0 Å². The maximum atomic E-state index is 9.86. The van der Waals surface area contributed by atoms with Gasteiger partial charge in [0.1, 0.15) is 0 Å². The van der Waals surface area contributed by atoms with E-state index in [1.807, 2.05) is 6.08 Å². The average Bonchev–Trinajstić information content (AvgIpc) is 2.11. The highest BCUT2D eigenvalue weighted by atomic mass is 79.9. The van der Waals surface area contributed by atoms with Gasteiger partial charge in [-0.1, -0.05) is 43.6 Å². The van der Waals surface area contributed by atoms with Gasteiger partial charge in [0, 0.05) is 4.48 Å². The van der Waals surface area contributed by atoms with Crippen LogP contribution in [0.1, 0.15) is 34.1 Å². The van der Waals surface area contributed by atoms with Crippen molar-refractivity contribution in [1.29, 1.82) is 0 Å². The molecule has 4 heteroatoms. The molecule has 1 aliphatic rings. The Morgan fingerprint density at radius 2 is 1.94 bits per heavy atom. The van der Waals surface area contributed by atoms with Crippen molar-refractivity contribution < 1.29 is 9.53 Å². The first-order valence-corrected chi connectivity index (χ1v) is 9.98. The lowest BCUT2D eigenvalue weighted by atomic mass is 9.92. The fraction of sp³-hybridized carbons (Fsp3) is 0.846. The minimum absolute atomic E-state index is 0.142. The van der Waals surface area contributed by atoms with Crippen molar-refractivity contribution in [2.75, 3.05) is 0 Å². The van der Waals surface area contributed by atoms with E-state index in [0.717, 1.165) is 10.9 Å². The molecule has 3 atom stereocenters. The lowest BCUT2D eigenvalue weighted by molar-refractivity contribution is 0.101. The van der Waals surface area contributed by atoms with Crippen molar-refractivity contribution in [3.05, 3.63) is 10.6 Å². The average molecular weight is 321 g/mol. The van der Waals surface area contributed by atoms with Gasteiger partial charge >= 0.3 is 0 Å². The first-order chi connectivity index (χ1) is 7.54. The highest BCUT2D eigenvalue weighted by Gasteiger charge is 2.40. The monoisotopic (exact) mass is 320 g/mol. The molecule has 1 aliphatic carbocycles. The van der Waals surface area contributed by atoms with E-state index in [-0.39, 0.29) is 23.2 Å². The van der Waals surface area contributed by atoms with Crippen LogP contribution < -0.4 is 0 Å². The minimum atomic E-state index is -1.72. The normalized spacial score (nSPS) is 31.3. The Kier molecular flexibility index (Phi) is 4.67. The highest BCUT2D eigenvalue weighted by Crippen LogP contribution is 2.39. The molecule has 1 rings (SSSR count). The highest BCUT2D eigenvalue weighted by molar-refractivity contribution is 9.11. The van der Waals surface area contributed by atoms with E-state index in [2.05, 4.69) is 56.7 Å². The molecular weight excluding hydrogens is 296 g/mol. The summed E-state index contributed by atoms with van der Waals surface area (Å²) in [6.45, 7) is 13.4. The number of rotatable bonds is 2. The first-order valence-electron chi connectivity index (χ1n) is 6.27. The molecule has 0 amide bonds.